The van der Waals surface area contributed by atoms with E-state index in [2.05, 4.69) is 4.85 Å². The molecule has 0 radical (unpaired) electrons. The summed E-state index contributed by atoms with van der Waals surface area (Å²) in [5.74, 6) is 0.676. The van der Waals surface area contributed by atoms with Crippen LogP contribution in [0, 0.1) is 6.57 Å². The molecule has 1 aromatic rings. The molecule has 0 spiro atoms. The first-order valence-electron chi connectivity index (χ1n) is 4.47. The van der Waals surface area contributed by atoms with Gasteiger partial charge in [-0.1, -0.05) is 11.6 Å². The lowest BCUT2D eigenvalue weighted by Crippen LogP contribution is -1.94. The number of hydrogen-bond donors (Lipinski definition) is 0. The Hall–Kier alpha value is -1.20. The van der Waals surface area contributed by atoms with Crippen molar-refractivity contribution in [2.24, 2.45) is 0 Å². The fourth-order valence-electron chi connectivity index (χ4n) is 1.12. The fourth-order valence-corrected chi connectivity index (χ4v) is 1.37. The van der Waals surface area contributed by atoms with Crippen molar-refractivity contribution >= 4 is 11.6 Å². The van der Waals surface area contributed by atoms with E-state index in [-0.39, 0.29) is 6.04 Å². The first-order chi connectivity index (χ1) is 6.69. The van der Waals surface area contributed by atoms with Crippen LogP contribution >= 0.6 is 11.6 Å². The monoisotopic (exact) mass is 209 g/mol. The Morgan fingerprint density at radius 2 is 2.29 bits per heavy atom. The standard InChI is InChI=1S/C11H12ClNO/c1-4-14-11-6-5-9(7-10(11)12)8(2)13-3/h5-8H,4H2,1-2H3. The van der Waals surface area contributed by atoms with Crippen molar-refractivity contribution in [2.75, 3.05) is 6.61 Å². The Bertz CT molecular complexity index is 357. The first-order valence-corrected chi connectivity index (χ1v) is 4.85. The normalized spacial score (nSPS) is 11.9. The van der Waals surface area contributed by atoms with E-state index in [1.807, 2.05) is 26.0 Å². The maximum Gasteiger partial charge on any atom is 0.246 e. The van der Waals surface area contributed by atoms with Gasteiger partial charge in [0.15, 0.2) is 0 Å². The fraction of sp³-hybridized carbons (Fsp3) is 0.364. The van der Waals surface area contributed by atoms with Crippen LogP contribution < -0.4 is 4.74 Å². The third-order valence-electron chi connectivity index (χ3n) is 1.93. The van der Waals surface area contributed by atoms with E-state index in [9.17, 15) is 0 Å². The van der Waals surface area contributed by atoms with Gasteiger partial charge in [0.2, 0.25) is 6.04 Å². The maximum absolute atomic E-state index is 6.90. The van der Waals surface area contributed by atoms with Crippen LogP contribution in [0.2, 0.25) is 5.02 Å². The minimum absolute atomic E-state index is 0.150. The van der Waals surface area contributed by atoms with E-state index in [0.717, 1.165) is 5.56 Å². The Kier molecular flexibility index (Phi) is 3.79. The highest BCUT2D eigenvalue weighted by molar-refractivity contribution is 6.32. The van der Waals surface area contributed by atoms with Gasteiger partial charge in [-0.2, -0.15) is 0 Å². The van der Waals surface area contributed by atoms with Gasteiger partial charge in [0.05, 0.1) is 11.6 Å². The van der Waals surface area contributed by atoms with E-state index >= 15 is 0 Å². The molecule has 1 aromatic carbocycles. The van der Waals surface area contributed by atoms with Gasteiger partial charge in [-0.3, -0.25) is 0 Å². The van der Waals surface area contributed by atoms with E-state index in [1.165, 1.54) is 0 Å². The van der Waals surface area contributed by atoms with Crippen LogP contribution in [0.1, 0.15) is 25.5 Å². The number of nitrogens with zero attached hydrogens (tertiary/aromatic N) is 1. The third kappa shape index (κ3) is 2.40. The number of ether oxygens (including phenoxy) is 1. The molecule has 2 nitrogen and oxygen atoms in total. The molecule has 0 N–H and O–H groups in total. The highest BCUT2D eigenvalue weighted by atomic mass is 35.5. The largest absolute Gasteiger partial charge is 0.492 e. The molecule has 3 heteroatoms. The van der Waals surface area contributed by atoms with Gasteiger partial charge in [0, 0.05) is 12.5 Å². The molecule has 0 aliphatic rings. The van der Waals surface area contributed by atoms with Crippen LogP contribution in [0.4, 0.5) is 0 Å². The molecule has 0 bridgehead atoms. The van der Waals surface area contributed by atoms with Crippen molar-refractivity contribution in [1.82, 2.24) is 0 Å². The van der Waals surface area contributed by atoms with Crippen molar-refractivity contribution in [1.29, 1.82) is 0 Å². The second kappa shape index (κ2) is 4.88. The summed E-state index contributed by atoms with van der Waals surface area (Å²) in [6.07, 6.45) is 0. The molecule has 0 saturated heterocycles. The zero-order valence-corrected chi connectivity index (χ0v) is 9.01. The van der Waals surface area contributed by atoms with Gasteiger partial charge >= 0.3 is 0 Å². The highest BCUT2D eigenvalue weighted by Gasteiger charge is 2.10. The molecule has 0 aliphatic heterocycles. The predicted octanol–water partition coefficient (Wildman–Crippen LogP) is 3.72. The minimum Gasteiger partial charge on any atom is -0.492 e. The number of halogens is 1. The number of rotatable bonds is 3. The quantitative estimate of drug-likeness (QED) is 0.692. The van der Waals surface area contributed by atoms with E-state index < -0.39 is 0 Å². The van der Waals surface area contributed by atoms with Crippen molar-refractivity contribution < 1.29 is 4.74 Å². The average molecular weight is 210 g/mol. The zero-order chi connectivity index (χ0) is 10.6. The lowest BCUT2D eigenvalue weighted by atomic mass is 10.1. The minimum atomic E-state index is -0.150. The average Bonchev–Trinajstić information content (AvgIpc) is 2.20. The van der Waals surface area contributed by atoms with E-state index in [0.29, 0.717) is 17.4 Å². The lowest BCUT2D eigenvalue weighted by molar-refractivity contribution is 0.340. The van der Waals surface area contributed by atoms with Gasteiger partial charge in [-0.05, 0) is 25.1 Å². The Morgan fingerprint density at radius 3 is 2.79 bits per heavy atom. The van der Waals surface area contributed by atoms with Gasteiger partial charge in [-0.25, -0.2) is 6.57 Å². The van der Waals surface area contributed by atoms with E-state index in [4.69, 9.17) is 22.9 Å². The van der Waals surface area contributed by atoms with Crippen molar-refractivity contribution in [3.63, 3.8) is 0 Å². The summed E-state index contributed by atoms with van der Waals surface area (Å²) in [5, 5.41) is 0.569. The summed E-state index contributed by atoms with van der Waals surface area (Å²) in [6, 6.07) is 5.32. The molecule has 0 aliphatic carbocycles. The Balaban J connectivity index is 2.95. The van der Waals surface area contributed by atoms with Crippen molar-refractivity contribution in [2.45, 2.75) is 19.9 Å². The molecule has 1 atom stereocenters. The molecule has 0 amide bonds. The van der Waals surface area contributed by atoms with Crippen LogP contribution in [0.25, 0.3) is 4.85 Å². The first kappa shape index (κ1) is 10.9. The molecule has 0 saturated carbocycles. The van der Waals surface area contributed by atoms with Crippen LogP contribution in [0.15, 0.2) is 18.2 Å². The molecule has 0 fully saturated rings. The summed E-state index contributed by atoms with van der Waals surface area (Å²) in [6.45, 7) is 11.3. The molecule has 14 heavy (non-hydrogen) atoms. The van der Waals surface area contributed by atoms with Crippen molar-refractivity contribution in [3.8, 4) is 5.75 Å². The molecule has 0 aromatic heterocycles. The summed E-state index contributed by atoms with van der Waals surface area (Å²) in [7, 11) is 0. The topological polar surface area (TPSA) is 13.6 Å². The zero-order valence-electron chi connectivity index (χ0n) is 8.25. The van der Waals surface area contributed by atoms with Gasteiger partial charge in [0.25, 0.3) is 0 Å². The van der Waals surface area contributed by atoms with E-state index in [1.54, 1.807) is 6.07 Å². The second-order valence-electron chi connectivity index (χ2n) is 2.93. The Labute approximate surface area is 89.3 Å². The summed E-state index contributed by atoms with van der Waals surface area (Å²) < 4.78 is 5.30. The molecular weight excluding hydrogens is 198 g/mol. The van der Waals surface area contributed by atoms with Crippen LogP contribution in [-0.2, 0) is 0 Å². The smallest absolute Gasteiger partial charge is 0.246 e. The second-order valence-corrected chi connectivity index (χ2v) is 3.34. The van der Waals surface area contributed by atoms with Gasteiger partial charge in [-0.15, -0.1) is 0 Å². The van der Waals surface area contributed by atoms with Crippen LogP contribution in [0.3, 0.4) is 0 Å². The molecule has 1 rings (SSSR count). The number of benzene rings is 1. The SMILES string of the molecule is [C-]#[N+]C(C)c1ccc(OCC)c(Cl)c1. The molecule has 74 valence electrons. The predicted molar refractivity (Wildman–Crippen MR) is 57.6 cm³/mol. The van der Waals surface area contributed by atoms with Crippen LogP contribution in [0.5, 0.6) is 5.75 Å². The van der Waals surface area contributed by atoms with Gasteiger partial charge < -0.3 is 9.58 Å². The summed E-state index contributed by atoms with van der Waals surface area (Å²) in [5.41, 5.74) is 0.924. The number of hydrogen-bond acceptors (Lipinski definition) is 1. The summed E-state index contributed by atoms with van der Waals surface area (Å²) in [4.78, 5) is 3.43. The molecule has 0 heterocycles. The maximum atomic E-state index is 6.90. The van der Waals surface area contributed by atoms with Crippen LogP contribution in [-0.4, -0.2) is 6.61 Å². The van der Waals surface area contributed by atoms with Crippen molar-refractivity contribution in [3.05, 3.63) is 40.2 Å². The van der Waals surface area contributed by atoms with Gasteiger partial charge in [0.1, 0.15) is 5.75 Å². The lowest BCUT2D eigenvalue weighted by Gasteiger charge is -2.06. The molecular formula is C11H12ClNO. The molecule has 1 unspecified atom stereocenters. The third-order valence-corrected chi connectivity index (χ3v) is 2.23. The Morgan fingerprint density at radius 1 is 1.57 bits per heavy atom. The highest BCUT2D eigenvalue weighted by Crippen LogP contribution is 2.28. The summed E-state index contributed by atoms with van der Waals surface area (Å²) >= 11 is 5.98.